The highest BCUT2D eigenvalue weighted by molar-refractivity contribution is 7.90. The van der Waals surface area contributed by atoms with Crippen LogP contribution in [0.4, 0.5) is 5.69 Å². The van der Waals surface area contributed by atoms with E-state index in [-0.39, 0.29) is 23.6 Å². The second-order valence-electron chi connectivity index (χ2n) is 5.07. The van der Waals surface area contributed by atoms with E-state index in [2.05, 4.69) is 5.32 Å². The summed E-state index contributed by atoms with van der Waals surface area (Å²) in [7, 11) is -1.64. The number of nitrogens with one attached hydrogen (secondary N) is 1. The fourth-order valence-electron chi connectivity index (χ4n) is 2.23. The summed E-state index contributed by atoms with van der Waals surface area (Å²) in [6.45, 7) is 1.74. The molecule has 0 radical (unpaired) electrons. The average Bonchev–Trinajstić information content (AvgIpc) is 2.52. The zero-order chi connectivity index (χ0) is 15.1. The van der Waals surface area contributed by atoms with Gasteiger partial charge in [-0.3, -0.25) is 14.5 Å². The maximum absolute atomic E-state index is 11.9. The van der Waals surface area contributed by atoms with Crippen LogP contribution in [0.3, 0.4) is 0 Å². The first-order valence-electron chi connectivity index (χ1n) is 6.10. The number of rotatable bonds is 4. The number of imide groups is 1. The van der Waals surface area contributed by atoms with Gasteiger partial charge in [-0.05, 0) is 25.1 Å². The van der Waals surface area contributed by atoms with E-state index in [1.165, 1.54) is 13.3 Å². The molecule has 1 atom stereocenters. The van der Waals surface area contributed by atoms with Crippen molar-refractivity contribution in [2.45, 2.75) is 13.0 Å². The van der Waals surface area contributed by atoms with Crippen LogP contribution in [-0.4, -0.2) is 50.2 Å². The van der Waals surface area contributed by atoms with Gasteiger partial charge in [-0.25, -0.2) is 8.42 Å². The summed E-state index contributed by atoms with van der Waals surface area (Å²) in [5.41, 5.74) is 1.34. The van der Waals surface area contributed by atoms with Crippen LogP contribution < -0.4 is 5.32 Å². The van der Waals surface area contributed by atoms with Crippen LogP contribution in [0.1, 0.15) is 27.6 Å². The Hall–Kier alpha value is -1.89. The Morgan fingerprint density at radius 3 is 2.40 bits per heavy atom. The summed E-state index contributed by atoms with van der Waals surface area (Å²) < 4.78 is 22.4. The van der Waals surface area contributed by atoms with E-state index in [4.69, 9.17) is 0 Å². The Bertz CT molecular complexity index is 682. The van der Waals surface area contributed by atoms with Gasteiger partial charge in [-0.1, -0.05) is 0 Å². The molecule has 1 unspecified atom stereocenters. The summed E-state index contributed by atoms with van der Waals surface area (Å²) in [5.74, 6) is -0.665. The molecule has 0 saturated heterocycles. The highest BCUT2D eigenvalue weighted by atomic mass is 32.2. The van der Waals surface area contributed by atoms with E-state index in [0.29, 0.717) is 16.8 Å². The highest BCUT2D eigenvalue weighted by Crippen LogP contribution is 2.25. The summed E-state index contributed by atoms with van der Waals surface area (Å²) >= 11 is 0. The van der Waals surface area contributed by atoms with Crippen molar-refractivity contribution >= 4 is 27.3 Å². The number of sulfone groups is 1. The van der Waals surface area contributed by atoms with Crippen molar-refractivity contribution in [3.05, 3.63) is 29.3 Å². The second-order valence-corrected chi connectivity index (χ2v) is 7.25. The maximum atomic E-state index is 11.9. The first kappa shape index (κ1) is 14.5. The Kier molecular flexibility index (Phi) is 3.56. The fraction of sp³-hybridized carbons (Fsp3) is 0.385. The van der Waals surface area contributed by atoms with Crippen molar-refractivity contribution < 1.29 is 18.0 Å². The van der Waals surface area contributed by atoms with Crippen molar-refractivity contribution in [2.24, 2.45) is 0 Å². The Balaban J connectivity index is 2.21. The van der Waals surface area contributed by atoms with Crippen molar-refractivity contribution in [2.75, 3.05) is 24.4 Å². The van der Waals surface area contributed by atoms with Crippen LogP contribution in [0.2, 0.25) is 0 Å². The minimum atomic E-state index is -3.08. The van der Waals surface area contributed by atoms with Gasteiger partial charge in [0, 0.05) is 25.0 Å². The van der Waals surface area contributed by atoms with Crippen LogP contribution in [0.25, 0.3) is 0 Å². The molecular formula is C13H16N2O4S. The van der Waals surface area contributed by atoms with Gasteiger partial charge in [-0.15, -0.1) is 0 Å². The molecule has 6 nitrogen and oxygen atoms in total. The zero-order valence-corrected chi connectivity index (χ0v) is 12.3. The van der Waals surface area contributed by atoms with Gasteiger partial charge >= 0.3 is 0 Å². The number of hydrogen-bond acceptors (Lipinski definition) is 5. The predicted octanol–water partition coefficient (Wildman–Crippen LogP) is 0.757. The molecule has 1 aliphatic rings. The normalized spacial score (nSPS) is 16.2. The number of fused-ring (bicyclic) bond motifs is 1. The monoisotopic (exact) mass is 296 g/mol. The molecule has 1 heterocycles. The Labute approximate surface area is 117 Å². The van der Waals surface area contributed by atoms with E-state index >= 15 is 0 Å². The maximum Gasteiger partial charge on any atom is 0.261 e. The number of anilines is 1. The van der Waals surface area contributed by atoms with Crippen LogP contribution in [0, 0.1) is 0 Å². The van der Waals surface area contributed by atoms with E-state index in [1.54, 1.807) is 25.1 Å². The standard InChI is InChI=1S/C13H16N2O4S/c1-8(7-20(3,18)19)14-9-4-5-10-11(6-9)13(17)15(2)12(10)16/h4-6,8,14H,7H2,1-3H3. The van der Waals surface area contributed by atoms with Gasteiger partial charge < -0.3 is 5.32 Å². The van der Waals surface area contributed by atoms with Gasteiger partial charge in [0.2, 0.25) is 0 Å². The lowest BCUT2D eigenvalue weighted by molar-refractivity contribution is 0.0693. The number of nitrogens with zero attached hydrogens (tertiary/aromatic N) is 1. The third-order valence-electron chi connectivity index (χ3n) is 3.06. The number of carbonyl (C=O) groups is 2. The molecule has 7 heteroatoms. The molecule has 20 heavy (non-hydrogen) atoms. The molecular weight excluding hydrogens is 280 g/mol. The summed E-state index contributed by atoms with van der Waals surface area (Å²) in [6.07, 6.45) is 1.17. The lowest BCUT2D eigenvalue weighted by atomic mass is 10.1. The first-order chi connectivity index (χ1) is 9.19. The van der Waals surface area contributed by atoms with Gasteiger partial charge in [-0.2, -0.15) is 0 Å². The lowest BCUT2D eigenvalue weighted by Gasteiger charge is -2.14. The van der Waals surface area contributed by atoms with Gasteiger partial charge in [0.05, 0.1) is 16.9 Å². The van der Waals surface area contributed by atoms with Gasteiger partial charge in [0.1, 0.15) is 9.84 Å². The number of benzene rings is 1. The third-order valence-corrected chi connectivity index (χ3v) is 4.16. The highest BCUT2D eigenvalue weighted by Gasteiger charge is 2.32. The van der Waals surface area contributed by atoms with Gasteiger partial charge in [0.15, 0.2) is 0 Å². The molecule has 1 aliphatic heterocycles. The van der Waals surface area contributed by atoms with Gasteiger partial charge in [0.25, 0.3) is 11.8 Å². The molecule has 0 aliphatic carbocycles. The van der Waals surface area contributed by atoms with Crippen LogP contribution in [0.15, 0.2) is 18.2 Å². The molecule has 0 aromatic heterocycles. The number of hydrogen-bond donors (Lipinski definition) is 1. The van der Waals surface area contributed by atoms with Crippen molar-refractivity contribution in [1.29, 1.82) is 0 Å². The molecule has 0 saturated carbocycles. The molecule has 2 rings (SSSR count). The van der Waals surface area contributed by atoms with E-state index in [9.17, 15) is 18.0 Å². The van der Waals surface area contributed by atoms with E-state index in [1.807, 2.05) is 0 Å². The average molecular weight is 296 g/mol. The first-order valence-corrected chi connectivity index (χ1v) is 8.16. The van der Waals surface area contributed by atoms with Crippen molar-refractivity contribution in [1.82, 2.24) is 4.90 Å². The minimum Gasteiger partial charge on any atom is -0.382 e. The molecule has 0 bridgehead atoms. The topological polar surface area (TPSA) is 83.6 Å². The molecule has 0 fully saturated rings. The third kappa shape index (κ3) is 2.82. The Morgan fingerprint density at radius 2 is 1.80 bits per heavy atom. The summed E-state index contributed by atoms with van der Waals surface area (Å²) in [5, 5.41) is 3.02. The molecule has 0 spiro atoms. The van der Waals surface area contributed by atoms with Crippen LogP contribution in [-0.2, 0) is 9.84 Å². The largest absolute Gasteiger partial charge is 0.382 e. The van der Waals surface area contributed by atoms with E-state index < -0.39 is 9.84 Å². The van der Waals surface area contributed by atoms with Crippen molar-refractivity contribution in [3.63, 3.8) is 0 Å². The minimum absolute atomic E-state index is 0.00311. The molecule has 1 N–H and O–H groups in total. The SMILES string of the molecule is CC(CS(C)(=O)=O)Nc1ccc2c(c1)C(=O)N(C)C2=O. The molecule has 2 amide bonds. The number of carbonyl (C=O) groups excluding carboxylic acids is 2. The second kappa shape index (κ2) is 4.90. The Morgan fingerprint density at radius 1 is 1.20 bits per heavy atom. The molecule has 108 valence electrons. The molecule has 1 aromatic rings. The zero-order valence-electron chi connectivity index (χ0n) is 11.5. The summed E-state index contributed by atoms with van der Waals surface area (Å²) in [6, 6.07) is 4.54. The smallest absolute Gasteiger partial charge is 0.261 e. The number of amides is 2. The molecule has 1 aromatic carbocycles. The van der Waals surface area contributed by atoms with E-state index in [0.717, 1.165) is 4.90 Å². The van der Waals surface area contributed by atoms with Crippen molar-refractivity contribution in [3.8, 4) is 0 Å². The van der Waals surface area contributed by atoms with Crippen LogP contribution in [0.5, 0.6) is 0 Å². The lowest BCUT2D eigenvalue weighted by Crippen LogP contribution is -2.25. The summed E-state index contributed by atoms with van der Waals surface area (Å²) in [4.78, 5) is 24.7. The predicted molar refractivity (Wildman–Crippen MR) is 75.7 cm³/mol. The fourth-order valence-corrected chi connectivity index (χ4v) is 3.22. The van der Waals surface area contributed by atoms with Crippen LogP contribution >= 0.6 is 0 Å². The quantitative estimate of drug-likeness (QED) is 0.829.